The number of hydrogen-bond donors (Lipinski definition) is 1. The molecule has 1 aliphatic heterocycles. The summed E-state index contributed by atoms with van der Waals surface area (Å²) in [4.78, 5) is 13.9. The van der Waals surface area contributed by atoms with E-state index in [9.17, 15) is 27.5 Å². The molecule has 0 atom stereocenters. The Labute approximate surface area is 231 Å². The van der Waals surface area contributed by atoms with Crippen molar-refractivity contribution in [2.75, 3.05) is 26.3 Å². The number of carboxylic acid groups (broad SMARTS) is 1. The molecule has 3 aromatic rings. The number of benzene rings is 3. The normalized spacial score (nSPS) is 17.2. The van der Waals surface area contributed by atoms with E-state index < -0.39 is 17.7 Å². The second-order valence-electron chi connectivity index (χ2n) is 10.5. The fraction of sp³-hybridized carbons (Fsp3) is 0.303. The molecule has 3 nitrogen and oxygen atoms in total. The van der Waals surface area contributed by atoms with Gasteiger partial charge in [0.2, 0.25) is 0 Å². The minimum atomic E-state index is -4.45. The summed E-state index contributed by atoms with van der Waals surface area (Å²) >= 11 is 0. The Morgan fingerprint density at radius 3 is 2.48 bits per heavy atom. The molecule has 3 aromatic carbocycles. The lowest BCUT2D eigenvalue weighted by molar-refractivity contribution is -0.137. The summed E-state index contributed by atoms with van der Waals surface area (Å²) in [6.07, 6.45) is 1.07. The average molecular weight is 550 g/mol. The van der Waals surface area contributed by atoms with Gasteiger partial charge in [0.1, 0.15) is 0 Å². The number of hydrogen-bond acceptors (Lipinski definition) is 2. The number of halogens is 4. The Kier molecular flexibility index (Phi) is 8.22. The molecule has 1 fully saturated rings. The Balaban J connectivity index is 1.57. The molecule has 7 heteroatoms. The van der Waals surface area contributed by atoms with Gasteiger partial charge in [-0.15, -0.1) is 0 Å². The molecule has 40 heavy (non-hydrogen) atoms. The number of likely N-dealkylation sites (tertiary alicyclic amines) is 1. The number of nitrogens with zero attached hydrogens (tertiary/aromatic N) is 1. The van der Waals surface area contributed by atoms with E-state index in [4.69, 9.17) is 0 Å². The van der Waals surface area contributed by atoms with E-state index in [1.807, 2.05) is 24.3 Å². The lowest BCUT2D eigenvalue weighted by Crippen LogP contribution is -2.20. The number of carboxylic acids is 1. The molecule has 0 saturated carbocycles. The number of allylic oxidation sites excluding steroid dienone is 1. The van der Waals surface area contributed by atoms with Gasteiger partial charge in [-0.25, -0.2) is 4.79 Å². The molecular weight excluding hydrogens is 518 g/mol. The van der Waals surface area contributed by atoms with Gasteiger partial charge in [-0.05, 0) is 95.3 Å². The summed E-state index contributed by atoms with van der Waals surface area (Å²) in [5, 5.41) is 9.54. The minimum Gasteiger partial charge on any atom is -0.478 e. The molecule has 1 N–H and O–H groups in total. The zero-order valence-electron chi connectivity index (χ0n) is 22.1. The van der Waals surface area contributed by atoms with E-state index in [0.29, 0.717) is 31.2 Å². The largest absolute Gasteiger partial charge is 0.478 e. The van der Waals surface area contributed by atoms with Gasteiger partial charge < -0.3 is 5.11 Å². The predicted octanol–water partition coefficient (Wildman–Crippen LogP) is 8.15. The van der Waals surface area contributed by atoms with E-state index in [1.54, 1.807) is 24.3 Å². The topological polar surface area (TPSA) is 40.5 Å². The maximum absolute atomic E-state index is 13.6. The standard InChI is InChI=1S/C33H31F4NO2/c34-15-3-16-38-17-14-23(21-38)18-22-8-10-24(11-9-22)31-29(26-4-1-6-28(20-26)33(35,36)37)7-2-5-25-19-27(32(39)40)12-13-30(25)31/h1,4,6,8-13,18-20H,2-3,5,7,14-17,21H2,(H,39,40)/b23-18-. The Hall–Kier alpha value is -3.71. The molecule has 1 saturated heterocycles. The van der Waals surface area contributed by atoms with Gasteiger partial charge >= 0.3 is 12.1 Å². The van der Waals surface area contributed by atoms with Gasteiger partial charge in [-0.3, -0.25) is 9.29 Å². The summed E-state index contributed by atoms with van der Waals surface area (Å²) in [6.45, 7) is 2.19. The van der Waals surface area contributed by atoms with Crippen molar-refractivity contribution >= 4 is 23.2 Å². The highest BCUT2D eigenvalue weighted by molar-refractivity contribution is 6.00. The molecule has 0 spiro atoms. The van der Waals surface area contributed by atoms with Crippen molar-refractivity contribution in [2.45, 2.75) is 38.3 Å². The highest BCUT2D eigenvalue weighted by atomic mass is 19.4. The average Bonchev–Trinajstić information content (AvgIpc) is 3.29. The maximum Gasteiger partial charge on any atom is 0.416 e. The van der Waals surface area contributed by atoms with Crippen LogP contribution < -0.4 is 0 Å². The lowest BCUT2D eigenvalue weighted by atomic mass is 9.86. The molecule has 0 aromatic heterocycles. The Morgan fingerprint density at radius 2 is 1.75 bits per heavy atom. The third-order valence-corrected chi connectivity index (χ3v) is 7.69. The SMILES string of the molecule is O=C(O)c1ccc2c(c1)CCCC(c1cccc(C(F)(F)F)c1)=C2c1ccc(/C=C2/CCN(CCCF)C2)cc1. The van der Waals surface area contributed by atoms with Crippen LogP contribution in [0.15, 0.2) is 72.3 Å². The van der Waals surface area contributed by atoms with Crippen LogP contribution in [-0.2, 0) is 12.6 Å². The van der Waals surface area contributed by atoms with Crippen molar-refractivity contribution in [3.63, 3.8) is 0 Å². The van der Waals surface area contributed by atoms with Crippen LogP contribution in [0.3, 0.4) is 0 Å². The van der Waals surface area contributed by atoms with Crippen LogP contribution in [0.1, 0.15) is 69.4 Å². The van der Waals surface area contributed by atoms with Crippen LogP contribution in [0.2, 0.25) is 0 Å². The monoisotopic (exact) mass is 549 g/mol. The fourth-order valence-corrected chi connectivity index (χ4v) is 5.74. The van der Waals surface area contributed by atoms with Crippen molar-refractivity contribution in [1.82, 2.24) is 4.90 Å². The number of rotatable bonds is 7. The third-order valence-electron chi connectivity index (χ3n) is 7.69. The van der Waals surface area contributed by atoms with Crippen LogP contribution in [0.25, 0.3) is 17.2 Å². The van der Waals surface area contributed by atoms with Crippen molar-refractivity contribution in [1.29, 1.82) is 0 Å². The number of fused-ring (bicyclic) bond motifs is 1. The smallest absolute Gasteiger partial charge is 0.416 e. The molecule has 0 amide bonds. The molecular formula is C33H31F4NO2. The summed E-state index contributed by atoms with van der Waals surface area (Å²) in [5.74, 6) is -1.01. The van der Waals surface area contributed by atoms with E-state index >= 15 is 0 Å². The van der Waals surface area contributed by atoms with Crippen LogP contribution in [0, 0.1) is 0 Å². The van der Waals surface area contributed by atoms with Gasteiger partial charge in [0.15, 0.2) is 0 Å². The highest BCUT2D eigenvalue weighted by Gasteiger charge is 2.31. The molecule has 5 rings (SSSR count). The van der Waals surface area contributed by atoms with E-state index in [0.717, 1.165) is 65.5 Å². The van der Waals surface area contributed by atoms with E-state index in [1.165, 1.54) is 17.7 Å². The van der Waals surface area contributed by atoms with Crippen molar-refractivity contribution in [3.8, 4) is 0 Å². The van der Waals surface area contributed by atoms with Crippen molar-refractivity contribution in [3.05, 3.63) is 111 Å². The van der Waals surface area contributed by atoms with Crippen LogP contribution in [0.4, 0.5) is 17.6 Å². The summed E-state index contributed by atoms with van der Waals surface area (Å²) < 4.78 is 53.3. The highest BCUT2D eigenvalue weighted by Crippen LogP contribution is 2.41. The van der Waals surface area contributed by atoms with Crippen molar-refractivity contribution in [2.24, 2.45) is 0 Å². The Bertz CT molecular complexity index is 1450. The van der Waals surface area contributed by atoms with Crippen LogP contribution in [-0.4, -0.2) is 42.3 Å². The van der Waals surface area contributed by atoms with Gasteiger partial charge in [0, 0.05) is 19.6 Å². The minimum absolute atomic E-state index is 0.194. The van der Waals surface area contributed by atoms with Crippen molar-refractivity contribution < 1.29 is 27.5 Å². The second-order valence-corrected chi connectivity index (χ2v) is 10.5. The zero-order valence-corrected chi connectivity index (χ0v) is 22.1. The summed E-state index contributed by atoms with van der Waals surface area (Å²) in [7, 11) is 0. The first kappa shape index (κ1) is 27.8. The molecule has 2 aliphatic rings. The molecule has 0 bridgehead atoms. The molecule has 1 aliphatic carbocycles. The first-order valence-corrected chi connectivity index (χ1v) is 13.6. The third kappa shape index (κ3) is 6.20. The number of carbonyl (C=O) groups is 1. The molecule has 0 unspecified atom stereocenters. The Morgan fingerprint density at radius 1 is 0.950 bits per heavy atom. The number of alkyl halides is 4. The van der Waals surface area contributed by atoms with Gasteiger partial charge in [-0.1, -0.05) is 54.1 Å². The second kappa shape index (κ2) is 11.8. The van der Waals surface area contributed by atoms with Gasteiger partial charge in [0.25, 0.3) is 0 Å². The summed E-state index contributed by atoms with van der Waals surface area (Å²) in [6, 6.07) is 18.5. The van der Waals surface area contributed by atoms with Gasteiger partial charge in [0.05, 0.1) is 17.8 Å². The number of aryl methyl sites for hydroxylation is 1. The molecule has 0 radical (unpaired) electrons. The zero-order chi connectivity index (χ0) is 28.3. The van der Waals surface area contributed by atoms with E-state index in [2.05, 4.69) is 11.0 Å². The maximum atomic E-state index is 13.6. The van der Waals surface area contributed by atoms with E-state index in [-0.39, 0.29) is 12.2 Å². The van der Waals surface area contributed by atoms with Gasteiger partial charge in [-0.2, -0.15) is 13.2 Å². The molecule has 208 valence electrons. The number of aromatic carboxylic acids is 1. The first-order valence-electron chi connectivity index (χ1n) is 13.6. The fourth-order valence-electron chi connectivity index (χ4n) is 5.74. The quantitative estimate of drug-likeness (QED) is 0.303. The lowest BCUT2D eigenvalue weighted by Gasteiger charge is -2.18. The van der Waals surface area contributed by atoms with Crippen LogP contribution in [0.5, 0.6) is 0 Å². The first-order chi connectivity index (χ1) is 19.2. The summed E-state index contributed by atoms with van der Waals surface area (Å²) in [5.41, 5.74) is 6.59. The molecule has 1 heterocycles. The van der Waals surface area contributed by atoms with Crippen LogP contribution >= 0.6 is 0 Å². The predicted molar refractivity (Wildman–Crippen MR) is 150 cm³/mol.